The third-order valence-corrected chi connectivity index (χ3v) is 4.94. The number of aryl methyl sites for hydroxylation is 1. The second kappa shape index (κ2) is 8.60. The van der Waals surface area contributed by atoms with Gasteiger partial charge in [-0.3, -0.25) is 0 Å². The highest BCUT2D eigenvalue weighted by Crippen LogP contribution is 2.27. The van der Waals surface area contributed by atoms with Gasteiger partial charge in [-0.05, 0) is 65.3 Å². The molecule has 0 aliphatic rings. The Bertz CT molecular complexity index is 1040. The first kappa shape index (κ1) is 22.6. The van der Waals surface area contributed by atoms with Gasteiger partial charge in [-0.15, -0.1) is 5.10 Å². The SMILES string of the molecule is Cc1cc(Nc2nccc(OC(C)C)n2)cc(-c2cn(C[C@@](C)(O)C(C)(C)O)nn2)c1. The zero-order chi connectivity index (χ0) is 22.8. The van der Waals surface area contributed by atoms with Crippen molar-refractivity contribution in [3.63, 3.8) is 0 Å². The van der Waals surface area contributed by atoms with E-state index >= 15 is 0 Å². The summed E-state index contributed by atoms with van der Waals surface area (Å²) in [6.07, 6.45) is 3.41. The van der Waals surface area contributed by atoms with E-state index in [0.717, 1.165) is 16.8 Å². The van der Waals surface area contributed by atoms with Gasteiger partial charge in [0.15, 0.2) is 0 Å². The van der Waals surface area contributed by atoms with E-state index in [1.165, 1.54) is 4.68 Å². The second-order valence-corrected chi connectivity index (χ2v) is 8.73. The van der Waals surface area contributed by atoms with Crippen molar-refractivity contribution in [1.29, 1.82) is 0 Å². The molecule has 3 rings (SSSR count). The van der Waals surface area contributed by atoms with E-state index in [4.69, 9.17) is 4.74 Å². The van der Waals surface area contributed by atoms with Gasteiger partial charge in [0.2, 0.25) is 11.8 Å². The van der Waals surface area contributed by atoms with Crippen molar-refractivity contribution in [2.24, 2.45) is 0 Å². The Kier molecular flexibility index (Phi) is 6.28. The summed E-state index contributed by atoms with van der Waals surface area (Å²) < 4.78 is 7.15. The Hall–Kier alpha value is -3.04. The molecule has 2 aromatic heterocycles. The zero-order valence-corrected chi connectivity index (χ0v) is 18.8. The number of aliphatic hydroxyl groups is 2. The normalized spacial score (nSPS) is 13.8. The standard InChI is InChI=1S/C22H30N6O3/c1-14(2)31-19-7-8-23-20(25-19)24-17-10-15(3)9-16(11-17)18-12-28(27-26-18)13-22(6,30)21(4,5)29/h7-12,14,29-30H,13H2,1-6H3,(H,23,24,25)/t22-/m1/s1. The maximum absolute atomic E-state index is 10.5. The fourth-order valence-corrected chi connectivity index (χ4v) is 2.86. The van der Waals surface area contributed by atoms with Crippen LogP contribution in [0.25, 0.3) is 11.3 Å². The molecule has 0 amide bonds. The molecule has 0 aliphatic carbocycles. The average Bonchev–Trinajstić information content (AvgIpc) is 3.08. The Labute approximate surface area is 182 Å². The Balaban J connectivity index is 1.82. The largest absolute Gasteiger partial charge is 0.475 e. The second-order valence-electron chi connectivity index (χ2n) is 8.73. The Morgan fingerprint density at radius 3 is 2.58 bits per heavy atom. The van der Waals surface area contributed by atoms with E-state index in [1.807, 2.05) is 39.0 Å². The van der Waals surface area contributed by atoms with Crippen LogP contribution in [0.15, 0.2) is 36.7 Å². The van der Waals surface area contributed by atoms with Gasteiger partial charge in [-0.25, -0.2) is 9.67 Å². The Morgan fingerprint density at radius 2 is 1.90 bits per heavy atom. The van der Waals surface area contributed by atoms with E-state index in [0.29, 0.717) is 17.5 Å². The predicted octanol–water partition coefficient (Wildman–Crippen LogP) is 3.10. The number of hydrogen-bond donors (Lipinski definition) is 3. The molecule has 0 fully saturated rings. The molecule has 166 valence electrons. The van der Waals surface area contributed by atoms with Gasteiger partial charge < -0.3 is 20.3 Å². The highest BCUT2D eigenvalue weighted by Gasteiger charge is 2.38. The van der Waals surface area contributed by atoms with Gasteiger partial charge in [0.05, 0.1) is 24.4 Å². The van der Waals surface area contributed by atoms with E-state index in [-0.39, 0.29) is 12.6 Å². The first-order chi connectivity index (χ1) is 14.4. The molecule has 0 radical (unpaired) electrons. The van der Waals surface area contributed by atoms with Crippen LogP contribution in [-0.4, -0.2) is 52.5 Å². The summed E-state index contributed by atoms with van der Waals surface area (Å²) in [4.78, 5) is 8.64. The van der Waals surface area contributed by atoms with Crippen LogP contribution in [0.1, 0.15) is 40.2 Å². The third kappa shape index (κ3) is 5.77. The lowest BCUT2D eigenvalue weighted by Gasteiger charge is -2.35. The molecule has 1 aromatic carbocycles. The van der Waals surface area contributed by atoms with Gasteiger partial charge in [0.25, 0.3) is 0 Å². The van der Waals surface area contributed by atoms with Gasteiger partial charge in [0.1, 0.15) is 11.3 Å². The lowest BCUT2D eigenvalue weighted by atomic mass is 9.88. The maximum atomic E-state index is 10.5. The first-order valence-corrected chi connectivity index (χ1v) is 10.2. The molecule has 2 heterocycles. The predicted molar refractivity (Wildman–Crippen MR) is 118 cm³/mol. The minimum atomic E-state index is -1.36. The number of hydrogen-bond acceptors (Lipinski definition) is 8. The van der Waals surface area contributed by atoms with Gasteiger partial charge >= 0.3 is 0 Å². The van der Waals surface area contributed by atoms with E-state index < -0.39 is 11.2 Å². The Morgan fingerprint density at radius 1 is 1.16 bits per heavy atom. The van der Waals surface area contributed by atoms with Crippen LogP contribution in [-0.2, 0) is 6.54 Å². The maximum Gasteiger partial charge on any atom is 0.230 e. The van der Waals surface area contributed by atoms with Crippen LogP contribution in [0.2, 0.25) is 0 Å². The molecule has 9 nitrogen and oxygen atoms in total. The molecular weight excluding hydrogens is 396 g/mol. The molecule has 0 unspecified atom stereocenters. The highest BCUT2D eigenvalue weighted by atomic mass is 16.5. The minimum Gasteiger partial charge on any atom is -0.475 e. The molecule has 3 aromatic rings. The smallest absolute Gasteiger partial charge is 0.230 e. The number of nitrogens with one attached hydrogen (secondary N) is 1. The van der Waals surface area contributed by atoms with E-state index in [1.54, 1.807) is 39.2 Å². The number of aromatic nitrogens is 5. The molecule has 0 aliphatic heterocycles. The summed E-state index contributed by atoms with van der Waals surface area (Å²) >= 11 is 0. The summed E-state index contributed by atoms with van der Waals surface area (Å²) in [5, 5.41) is 32.3. The average molecular weight is 427 g/mol. The molecule has 9 heteroatoms. The van der Waals surface area contributed by atoms with Crippen molar-refractivity contribution >= 4 is 11.6 Å². The van der Waals surface area contributed by atoms with Crippen LogP contribution in [0.3, 0.4) is 0 Å². The number of nitrogens with zero attached hydrogens (tertiary/aromatic N) is 5. The fourth-order valence-electron chi connectivity index (χ4n) is 2.86. The number of benzene rings is 1. The van der Waals surface area contributed by atoms with Crippen molar-refractivity contribution in [1.82, 2.24) is 25.0 Å². The molecule has 0 saturated carbocycles. The van der Waals surface area contributed by atoms with Crippen molar-refractivity contribution in [2.45, 2.75) is 65.4 Å². The summed E-state index contributed by atoms with van der Waals surface area (Å²) in [7, 11) is 0. The minimum absolute atomic E-state index is 0.0214. The molecular formula is C22H30N6O3. The van der Waals surface area contributed by atoms with Crippen molar-refractivity contribution < 1.29 is 14.9 Å². The molecule has 0 bridgehead atoms. The molecule has 31 heavy (non-hydrogen) atoms. The monoisotopic (exact) mass is 426 g/mol. The number of rotatable bonds is 8. The van der Waals surface area contributed by atoms with E-state index in [9.17, 15) is 10.2 Å². The summed E-state index contributed by atoms with van der Waals surface area (Å²) in [5.41, 5.74) is 0.676. The highest BCUT2D eigenvalue weighted by molar-refractivity contribution is 5.68. The van der Waals surface area contributed by atoms with Crippen LogP contribution < -0.4 is 10.1 Å². The van der Waals surface area contributed by atoms with Crippen molar-refractivity contribution in [3.05, 3.63) is 42.2 Å². The summed E-state index contributed by atoms with van der Waals surface area (Å²) in [6, 6.07) is 7.61. The zero-order valence-electron chi connectivity index (χ0n) is 18.8. The number of ether oxygens (including phenoxy) is 1. The quantitative estimate of drug-likeness (QED) is 0.503. The lowest BCUT2D eigenvalue weighted by molar-refractivity contribution is -0.129. The number of anilines is 2. The van der Waals surface area contributed by atoms with Crippen LogP contribution in [0, 0.1) is 6.92 Å². The van der Waals surface area contributed by atoms with E-state index in [2.05, 4.69) is 25.6 Å². The van der Waals surface area contributed by atoms with Crippen LogP contribution in [0.4, 0.5) is 11.6 Å². The molecule has 0 saturated heterocycles. The van der Waals surface area contributed by atoms with Crippen LogP contribution in [0.5, 0.6) is 5.88 Å². The topological polar surface area (TPSA) is 118 Å². The molecule has 0 spiro atoms. The lowest BCUT2D eigenvalue weighted by Crippen LogP contribution is -2.50. The third-order valence-electron chi connectivity index (χ3n) is 4.94. The molecule has 3 N–H and O–H groups in total. The fraction of sp³-hybridized carbons (Fsp3) is 0.455. The van der Waals surface area contributed by atoms with Gasteiger partial charge in [0, 0.05) is 23.5 Å². The summed E-state index contributed by atoms with van der Waals surface area (Å²) in [5.74, 6) is 0.932. The van der Waals surface area contributed by atoms with Crippen molar-refractivity contribution in [2.75, 3.05) is 5.32 Å². The summed E-state index contributed by atoms with van der Waals surface area (Å²) in [6.45, 7) is 10.7. The van der Waals surface area contributed by atoms with Crippen LogP contribution >= 0.6 is 0 Å². The first-order valence-electron chi connectivity index (χ1n) is 10.2. The van der Waals surface area contributed by atoms with Gasteiger partial charge in [-0.2, -0.15) is 4.98 Å². The van der Waals surface area contributed by atoms with Crippen molar-refractivity contribution in [3.8, 4) is 17.1 Å². The molecule has 1 atom stereocenters. The van der Waals surface area contributed by atoms with Gasteiger partial charge in [-0.1, -0.05) is 5.21 Å².